The second kappa shape index (κ2) is 5.41. The molecule has 2 nitrogen and oxygen atoms in total. The molecule has 1 heterocycles. The molecule has 3 rings (SSSR count). The van der Waals surface area contributed by atoms with Crippen LogP contribution >= 0.6 is 0 Å². The number of hydrogen-bond donors (Lipinski definition) is 1. The van der Waals surface area contributed by atoms with E-state index in [-0.39, 0.29) is 0 Å². The molecule has 1 aliphatic carbocycles. The second-order valence-corrected chi connectivity index (χ2v) is 5.82. The van der Waals surface area contributed by atoms with Gasteiger partial charge in [0, 0.05) is 12.1 Å². The van der Waals surface area contributed by atoms with Crippen molar-refractivity contribution in [3.8, 4) is 0 Å². The van der Waals surface area contributed by atoms with E-state index in [1.54, 1.807) is 0 Å². The van der Waals surface area contributed by atoms with Crippen LogP contribution in [-0.4, -0.2) is 24.0 Å². The van der Waals surface area contributed by atoms with E-state index in [0.29, 0.717) is 12.0 Å². The topological polar surface area (TPSA) is 29.3 Å². The molecule has 2 fully saturated rings. The normalized spacial score (nSPS) is 30.1. The van der Waals surface area contributed by atoms with E-state index in [0.717, 1.165) is 12.6 Å². The summed E-state index contributed by atoms with van der Waals surface area (Å²) in [7, 11) is 0. The third kappa shape index (κ3) is 2.45. The van der Waals surface area contributed by atoms with E-state index in [2.05, 4.69) is 35.2 Å². The van der Waals surface area contributed by atoms with Gasteiger partial charge in [-0.2, -0.15) is 0 Å². The largest absolute Gasteiger partial charge is 0.330 e. The minimum atomic E-state index is 0.561. The van der Waals surface area contributed by atoms with Crippen LogP contribution < -0.4 is 5.73 Å². The SMILES string of the molecule is NCC1CCCCN(C2CC2)C1c1ccccc1. The Morgan fingerprint density at radius 3 is 2.50 bits per heavy atom. The standard InChI is InChI=1S/C16H24N2/c17-12-14-8-4-5-11-18(15-9-10-15)16(14)13-6-2-1-3-7-13/h1-3,6-7,14-16H,4-5,8-12,17H2. The van der Waals surface area contributed by atoms with Crippen molar-refractivity contribution in [3.05, 3.63) is 35.9 Å². The zero-order valence-corrected chi connectivity index (χ0v) is 11.1. The Morgan fingerprint density at radius 1 is 1.06 bits per heavy atom. The maximum Gasteiger partial charge on any atom is 0.0391 e. The molecule has 0 radical (unpaired) electrons. The van der Waals surface area contributed by atoms with Crippen LogP contribution in [0.25, 0.3) is 0 Å². The Kier molecular flexibility index (Phi) is 3.67. The monoisotopic (exact) mass is 244 g/mol. The summed E-state index contributed by atoms with van der Waals surface area (Å²) < 4.78 is 0. The van der Waals surface area contributed by atoms with Crippen molar-refractivity contribution >= 4 is 0 Å². The van der Waals surface area contributed by atoms with Gasteiger partial charge in [-0.1, -0.05) is 36.8 Å². The van der Waals surface area contributed by atoms with Crippen molar-refractivity contribution in [2.24, 2.45) is 11.7 Å². The maximum atomic E-state index is 6.06. The summed E-state index contributed by atoms with van der Waals surface area (Å²) in [5.74, 6) is 0.635. The van der Waals surface area contributed by atoms with E-state index in [1.807, 2.05) is 0 Å². The third-order valence-electron chi connectivity index (χ3n) is 4.50. The molecule has 0 spiro atoms. The first-order chi connectivity index (χ1) is 8.90. The highest BCUT2D eigenvalue weighted by Gasteiger charge is 2.38. The lowest BCUT2D eigenvalue weighted by Crippen LogP contribution is -2.37. The number of hydrogen-bond acceptors (Lipinski definition) is 2. The lowest BCUT2D eigenvalue weighted by molar-refractivity contribution is 0.149. The van der Waals surface area contributed by atoms with Crippen LogP contribution in [0.4, 0.5) is 0 Å². The summed E-state index contributed by atoms with van der Waals surface area (Å²) in [5, 5.41) is 0. The number of likely N-dealkylation sites (tertiary alicyclic amines) is 1. The lowest BCUT2D eigenvalue weighted by atomic mass is 9.89. The number of rotatable bonds is 3. The zero-order valence-electron chi connectivity index (χ0n) is 11.1. The van der Waals surface area contributed by atoms with Gasteiger partial charge in [-0.25, -0.2) is 0 Å². The Bertz CT molecular complexity index is 372. The van der Waals surface area contributed by atoms with E-state index in [1.165, 1.54) is 44.2 Å². The third-order valence-corrected chi connectivity index (χ3v) is 4.50. The molecule has 18 heavy (non-hydrogen) atoms. The van der Waals surface area contributed by atoms with E-state index < -0.39 is 0 Å². The molecule has 2 aliphatic rings. The average Bonchev–Trinajstić information content (AvgIpc) is 3.25. The second-order valence-electron chi connectivity index (χ2n) is 5.82. The number of nitrogens with zero attached hydrogens (tertiary/aromatic N) is 1. The van der Waals surface area contributed by atoms with Gasteiger partial charge in [-0.05, 0) is 50.3 Å². The fourth-order valence-electron chi connectivity index (χ4n) is 3.45. The van der Waals surface area contributed by atoms with Crippen LogP contribution in [0.3, 0.4) is 0 Å². The zero-order chi connectivity index (χ0) is 12.4. The van der Waals surface area contributed by atoms with Crippen LogP contribution in [0.1, 0.15) is 43.7 Å². The minimum absolute atomic E-state index is 0.561. The predicted molar refractivity (Wildman–Crippen MR) is 75.3 cm³/mol. The molecule has 1 saturated heterocycles. The smallest absolute Gasteiger partial charge is 0.0391 e. The summed E-state index contributed by atoms with van der Waals surface area (Å²) in [6, 6.07) is 12.4. The van der Waals surface area contributed by atoms with Crippen molar-refractivity contribution in [3.63, 3.8) is 0 Å². The van der Waals surface area contributed by atoms with Crippen LogP contribution in [-0.2, 0) is 0 Å². The summed E-state index contributed by atoms with van der Waals surface area (Å²) in [6.07, 6.45) is 6.76. The van der Waals surface area contributed by atoms with Crippen molar-refractivity contribution in [1.29, 1.82) is 0 Å². The predicted octanol–water partition coefficient (Wildman–Crippen LogP) is 2.95. The Morgan fingerprint density at radius 2 is 1.83 bits per heavy atom. The molecule has 1 aliphatic heterocycles. The molecule has 2 N–H and O–H groups in total. The molecule has 1 saturated carbocycles. The molecular formula is C16H24N2. The first-order valence-electron chi connectivity index (χ1n) is 7.41. The summed E-state index contributed by atoms with van der Waals surface area (Å²) in [4.78, 5) is 2.75. The van der Waals surface area contributed by atoms with Crippen molar-refractivity contribution < 1.29 is 0 Å². The first-order valence-corrected chi connectivity index (χ1v) is 7.41. The maximum absolute atomic E-state index is 6.06. The fourth-order valence-corrected chi connectivity index (χ4v) is 3.45. The van der Waals surface area contributed by atoms with Crippen LogP contribution in [0, 0.1) is 5.92 Å². The van der Waals surface area contributed by atoms with Gasteiger partial charge < -0.3 is 5.73 Å². The van der Waals surface area contributed by atoms with Crippen molar-refractivity contribution in [2.75, 3.05) is 13.1 Å². The van der Waals surface area contributed by atoms with Crippen molar-refractivity contribution in [1.82, 2.24) is 4.90 Å². The Balaban J connectivity index is 1.91. The van der Waals surface area contributed by atoms with Gasteiger partial charge in [0.15, 0.2) is 0 Å². The van der Waals surface area contributed by atoms with Crippen molar-refractivity contribution in [2.45, 2.75) is 44.2 Å². The molecule has 1 aromatic carbocycles. The summed E-state index contributed by atoms with van der Waals surface area (Å²) in [6.45, 7) is 2.09. The molecule has 0 aromatic heterocycles. The molecule has 0 bridgehead atoms. The van der Waals surface area contributed by atoms with Crippen LogP contribution in [0.15, 0.2) is 30.3 Å². The highest BCUT2D eigenvalue weighted by molar-refractivity contribution is 5.21. The van der Waals surface area contributed by atoms with Gasteiger partial charge in [0.2, 0.25) is 0 Å². The molecule has 98 valence electrons. The Hall–Kier alpha value is -0.860. The Labute approximate surface area is 110 Å². The number of benzene rings is 1. The van der Waals surface area contributed by atoms with Crippen LogP contribution in [0.5, 0.6) is 0 Å². The minimum Gasteiger partial charge on any atom is -0.330 e. The molecule has 0 amide bonds. The van der Waals surface area contributed by atoms with Gasteiger partial charge in [-0.15, -0.1) is 0 Å². The molecular weight excluding hydrogens is 220 g/mol. The summed E-state index contributed by atoms with van der Waals surface area (Å²) >= 11 is 0. The highest BCUT2D eigenvalue weighted by atomic mass is 15.2. The van der Waals surface area contributed by atoms with Gasteiger partial charge in [-0.3, -0.25) is 4.90 Å². The van der Waals surface area contributed by atoms with Gasteiger partial charge in [0.25, 0.3) is 0 Å². The van der Waals surface area contributed by atoms with E-state index >= 15 is 0 Å². The molecule has 2 unspecified atom stereocenters. The summed E-state index contributed by atoms with van der Waals surface area (Å²) in [5.41, 5.74) is 7.53. The van der Waals surface area contributed by atoms with Gasteiger partial charge in [0.05, 0.1) is 0 Å². The average molecular weight is 244 g/mol. The van der Waals surface area contributed by atoms with E-state index in [4.69, 9.17) is 5.73 Å². The lowest BCUT2D eigenvalue weighted by Gasteiger charge is -2.35. The first kappa shape index (κ1) is 12.2. The highest BCUT2D eigenvalue weighted by Crippen LogP contribution is 2.41. The molecule has 2 atom stereocenters. The van der Waals surface area contributed by atoms with Crippen LogP contribution in [0.2, 0.25) is 0 Å². The van der Waals surface area contributed by atoms with Gasteiger partial charge >= 0.3 is 0 Å². The molecule has 2 heteroatoms. The molecule has 1 aromatic rings. The van der Waals surface area contributed by atoms with Gasteiger partial charge in [0.1, 0.15) is 0 Å². The van der Waals surface area contributed by atoms with E-state index in [9.17, 15) is 0 Å². The number of nitrogens with two attached hydrogens (primary N) is 1. The quantitative estimate of drug-likeness (QED) is 0.885. The fraction of sp³-hybridized carbons (Fsp3) is 0.625.